The molecule has 1 fully saturated rings. The number of hydrogen-bond donors (Lipinski definition) is 8. The summed E-state index contributed by atoms with van der Waals surface area (Å²) >= 11 is 0. The first-order chi connectivity index (χ1) is 19.4. The Bertz CT molecular complexity index is 1640. The molecule has 232 valence electrons. The monoisotopic (exact) mass is 676 g/mol. The van der Waals surface area contributed by atoms with Crippen molar-refractivity contribution in [1.29, 1.82) is 0 Å². The quantitative estimate of drug-likeness (QED) is 0.124. The number of benzene rings is 1. The number of fused-ring (bicyclic) bond motifs is 1. The van der Waals surface area contributed by atoms with Crippen molar-refractivity contribution < 1.29 is 70.2 Å². The summed E-state index contributed by atoms with van der Waals surface area (Å²) in [7, 11) is -22.8. The lowest BCUT2D eigenvalue weighted by Crippen LogP contribution is -2.33. The first kappa shape index (κ1) is 32.8. The Kier molecular flexibility index (Phi) is 9.43. The molecule has 0 aliphatic carbocycles. The second-order valence-electron chi connectivity index (χ2n) is 8.57. The van der Waals surface area contributed by atoms with E-state index in [0.29, 0.717) is 0 Å². The summed E-state index contributed by atoms with van der Waals surface area (Å²) in [5.41, 5.74) is 6.72. The van der Waals surface area contributed by atoms with Crippen LogP contribution in [0.2, 0.25) is 0 Å². The van der Waals surface area contributed by atoms with Crippen molar-refractivity contribution in [2.45, 2.75) is 31.5 Å². The molecule has 1 saturated heterocycles. The Balaban J connectivity index is 1.35. The Hall–Kier alpha value is -2.15. The lowest BCUT2D eigenvalue weighted by molar-refractivity contribution is -0.0503. The number of nitrogen functional groups attached to an aromatic ring is 1. The van der Waals surface area contributed by atoms with Gasteiger partial charge in [-0.15, -0.1) is 0 Å². The molecule has 0 bridgehead atoms. The molecule has 2 aromatic heterocycles. The van der Waals surface area contributed by atoms with Gasteiger partial charge < -0.3 is 40.3 Å². The highest BCUT2D eigenvalue weighted by Gasteiger charge is 2.48. The molecule has 1 aliphatic heterocycles. The Labute approximate surface area is 235 Å². The number of aryl methyl sites for hydroxylation is 1. The van der Waals surface area contributed by atoms with Crippen LogP contribution < -0.4 is 10.8 Å². The molecule has 0 spiro atoms. The van der Waals surface area contributed by atoms with Crippen LogP contribution in [0.15, 0.2) is 36.9 Å². The van der Waals surface area contributed by atoms with Gasteiger partial charge in [-0.05, 0) is 19.1 Å². The average Bonchev–Trinajstić information content (AvgIpc) is 3.39. The van der Waals surface area contributed by atoms with Gasteiger partial charge in [-0.3, -0.25) is 14.2 Å². The molecule has 9 N–H and O–H groups in total. The maximum atomic E-state index is 12.3. The van der Waals surface area contributed by atoms with Gasteiger partial charge in [0.15, 0.2) is 17.7 Å². The van der Waals surface area contributed by atoms with Gasteiger partial charge >= 0.3 is 31.2 Å². The summed E-state index contributed by atoms with van der Waals surface area (Å²) in [4.78, 5) is 50.8. The van der Waals surface area contributed by atoms with E-state index in [0.717, 1.165) is 11.9 Å². The highest BCUT2D eigenvalue weighted by Crippen LogP contribution is 2.71. The fraction of sp³-hybridized carbons (Fsp3) is 0.353. The highest BCUT2D eigenvalue weighted by molar-refractivity contribution is 7.71. The predicted octanol–water partition coefficient (Wildman–Crippen LogP) is 0.916. The molecule has 3 aromatic rings. The van der Waals surface area contributed by atoms with E-state index >= 15 is 0 Å². The maximum absolute atomic E-state index is 12.3. The summed E-state index contributed by atoms with van der Waals surface area (Å²) in [5, 5.41) is 22.6. The number of ether oxygens (including phenoxy) is 1. The van der Waals surface area contributed by atoms with Crippen molar-refractivity contribution in [2.75, 3.05) is 17.4 Å². The molecule has 1 aromatic carbocycles. The molecular formula is C17H24N6O15P4. The zero-order valence-corrected chi connectivity index (χ0v) is 24.6. The first-order valence-electron chi connectivity index (χ1n) is 11.3. The summed E-state index contributed by atoms with van der Waals surface area (Å²) in [5.74, 6) is 0.0165. The lowest BCUT2D eigenvalue weighted by Gasteiger charge is -2.21. The standard InChI is InChI=1S/C17H24N6O15P4/c1-9-2-4-10(5-3-9)22-39(26,27)36-41(30,31)38-42(32,33)37-40(28,29)34-6-11-13(24)14(25)17(35-11)23-8-21-12-15(18)19-7-20-16(12)23/h2-5,7-8,11,13-14,17,24-25H,6H2,1H3,(H,28,29)(H,30,31)(H,32,33)(H2,18,19,20)(H2,22,26,27)/t11-,13-,14-,17?/m1/s1. The number of rotatable bonds is 12. The molecule has 42 heavy (non-hydrogen) atoms. The summed E-state index contributed by atoms with van der Waals surface area (Å²) in [6.45, 7) is 0.682. The average molecular weight is 676 g/mol. The fourth-order valence-electron chi connectivity index (χ4n) is 3.59. The SMILES string of the molecule is Cc1ccc(NP(=O)(O)OP(=O)(O)OP(=O)(O)OP(=O)(O)OC[C@H]2OC(n3cnc4c(N)ncnc43)[C@H](O)[C@@H]2O)cc1. The largest absolute Gasteiger partial charge is 0.490 e. The number of imidazole rings is 1. The van der Waals surface area contributed by atoms with Gasteiger partial charge in [0.2, 0.25) is 0 Å². The molecule has 8 atom stereocenters. The molecule has 3 heterocycles. The number of nitrogens with two attached hydrogens (primary N) is 1. The zero-order chi connectivity index (χ0) is 31.1. The number of nitrogens with one attached hydrogen (secondary N) is 1. The van der Waals surface area contributed by atoms with Crippen LogP contribution in [0.5, 0.6) is 0 Å². The summed E-state index contributed by atoms with van der Waals surface area (Å²) < 4.78 is 71.6. The van der Waals surface area contributed by atoms with Crippen LogP contribution in [0, 0.1) is 6.92 Å². The number of aromatic nitrogens is 4. The van der Waals surface area contributed by atoms with E-state index < -0.39 is 62.4 Å². The van der Waals surface area contributed by atoms with E-state index in [2.05, 4.69) is 32.4 Å². The van der Waals surface area contributed by atoms with E-state index in [4.69, 9.17) is 10.5 Å². The van der Waals surface area contributed by atoms with Crippen LogP contribution in [0.4, 0.5) is 11.5 Å². The minimum absolute atomic E-state index is 0.0165. The van der Waals surface area contributed by atoms with E-state index in [1.807, 2.05) is 5.09 Å². The number of phosphoric acid groups is 3. The molecule has 0 saturated carbocycles. The zero-order valence-electron chi connectivity index (χ0n) is 21.0. The number of anilines is 2. The second-order valence-corrected chi connectivity index (χ2v) is 14.9. The van der Waals surface area contributed by atoms with Gasteiger partial charge in [0.1, 0.15) is 30.2 Å². The van der Waals surface area contributed by atoms with Crippen molar-refractivity contribution in [2.24, 2.45) is 0 Å². The fourth-order valence-corrected chi connectivity index (χ4v) is 8.73. The molecule has 4 rings (SSSR count). The van der Waals surface area contributed by atoms with Crippen LogP contribution in [0.1, 0.15) is 11.8 Å². The molecule has 1 aliphatic rings. The van der Waals surface area contributed by atoms with E-state index in [-0.39, 0.29) is 22.7 Å². The lowest BCUT2D eigenvalue weighted by atomic mass is 10.1. The Morgan fingerprint density at radius 3 is 2.21 bits per heavy atom. The smallest absolute Gasteiger partial charge is 0.387 e. The van der Waals surface area contributed by atoms with Crippen LogP contribution in [0.3, 0.4) is 0 Å². The molecule has 0 amide bonds. The molecule has 5 unspecified atom stereocenters. The van der Waals surface area contributed by atoms with Gasteiger partial charge in [0.25, 0.3) is 0 Å². The topological polar surface area (TPSA) is 317 Å². The van der Waals surface area contributed by atoms with Gasteiger partial charge in [-0.1, -0.05) is 17.7 Å². The molecule has 0 radical (unpaired) electrons. The number of phosphoric ester groups is 1. The minimum Gasteiger partial charge on any atom is -0.387 e. The Morgan fingerprint density at radius 1 is 0.929 bits per heavy atom. The molecule has 25 heteroatoms. The number of hydrogen-bond acceptors (Lipinski definition) is 15. The van der Waals surface area contributed by atoms with E-state index in [1.165, 1.54) is 35.2 Å². The van der Waals surface area contributed by atoms with Crippen molar-refractivity contribution in [3.05, 3.63) is 42.5 Å². The van der Waals surface area contributed by atoms with Crippen LogP contribution in [-0.2, 0) is 40.5 Å². The van der Waals surface area contributed by atoms with Gasteiger partial charge in [-0.2, -0.15) is 12.9 Å². The minimum atomic E-state index is -6.01. The van der Waals surface area contributed by atoms with Gasteiger partial charge in [-0.25, -0.2) is 33.2 Å². The van der Waals surface area contributed by atoms with Crippen LogP contribution in [-0.4, -0.2) is 74.2 Å². The van der Waals surface area contributed by atoms with Crippen molar-refractivity contribution in [1.82, 2.24) is 19.5 Å². The molecule has 21 nitrogen and oxygen atoms in total. The predicted molar refractivity (Wildman–Crippen MR) is 139 cm³/mol. The maximum Gasteiger partial charge on any atom is 0.490 e. The third kappa shape index (κ3) is 8.06. The van der Waals surface area contributed by atoms with Crippen molar-refractivity contribution in [3.63, 3.8) is 0 Å². The van der Waals surface area contributed by atoms with Crippen LogP contribution >= 0.6 is 31.2 Å². The van der Waals surface area contributed by atoms with E-state index in [1.54, 1.807) is 6.92 Å². The normalized spacial score (nSPS) is 26.6. The number of aliphatic hydroxyl groups excluding tert-OH is 2. The number of aliphatic hydroxyl groups is 2. The first-order valence-corrected chi connectivity index (χ1v) is 17.3. The van der Waals surface area contributed by atoms with Crippen LogP contribution in [0.25, 0.3) is 11.2 Å². The van der Waals surface area contributed by atoms with Crippen molar-refractivity contribution in [3.8, 4) is 0 Å². The third-order valence-corrected chi connectivity index (χ3v) is 11.4. The third-order valence-electron chi connectivity index (χ3n) is 5.35. The summed E-state index contributed by atoms with van der Waals surface area (Å²) in [6.07, 6.45) is -3.99. The molecular weight excluding hydrogens is 652 g/mol. The second kappa shape index (κ2) is 12.1. The Morgan fingerprint density at radius 2 is 1.55 bits per heavy atom. The van der Waals surface area contributed by atoms with E-state index in [9.17, 15) is 48.0 Å². The van der Waals surface area contributed by atoms with Gasteiger partial charge in [0, 0.05) is 5.69 Å². The highest BCUT2D eigenvalue weighted by atomic mass is 31.3. The van der Waals surface area contributed by atoms with Crippen molar-refractivity contribution >= 4 is 53.9 Å². The number of nitrogens with zero attached hydrogens (tertiary/aromatic N) is 4. The van der Waals surface area contributed by atoms with Gasteiger partial charge in [0.05, 0.1) is 12.9 Å². The summed E-state index contributed by atoms with van der Waals surface area (Å²) in [6, 6.07) is 5.68.